The van der Waals surface area contributed by atoms with Crippen LogP contribution in [-0.4, -0.2) is 68.9 Å². The van der Waals surface area contributed by atoms with E-state index in [4.69, 9.17) is 19.9 Å². The Balaban J connectivity index is 2.27. The molecular weight excluding hydrogens is 400 g/mol. The molecule has 2 heterocycles. The number of anilines is 1. The molecule has 1 amide bonds. The number of aromatic nitrogens is 2. The van der Waals surface area contributed by atoms with Crippen molar-refractivity contribution in [3.8, 4) is 0 Å². The molecule has 2 rings (SSSR count). The van der Waals surface area contributed by atoms with Gasteiger partial charge in [0.15, 0.2) is 12.3 Å². The largest absolute Gasteiger partial charge is 0.455 e. The van der Waals surface area contributed by atoms with Crippen molar-refractivity contribution in [2.45, 2.75) is 57.8 Å². The number of rotatable bonds is 7. The SMILES string of the molecule is CCOC(=O)Nc1ccn([C@@H]2O[C@H](CO)[C@@H](OC(=O)[C@H](N)C(C)C)[C@@]2(C)O)c(=O)n1. The number of carbonyl (C=O) groups excluding carboxylic acids is 2. The molecular formula is C18H28N4O8. The second-order valence-electron chi connectivity index (χ2n) is 7.41. The second-order valence-corrected chi connectivity index (χ2v) is 7.41. The van der Waals surface area contributed by atoms with E-state index in [0.717, 1.165) is 4.57 Å². The van der Waals surface area contributed by atoms with Gasteiger partial charge in [0.1, 0.15) is 23.6 Å². The summed E-state index contributed by atoms with van der Waals surface area (Å²) >= 11 is 0. The molecule has 0 unspecified atom stereocenters. The smallest absolute Gasteiger partial charge is 0.412 e. The minimum Gasteiger partial charge on any atom is -0.455 e. The lowest BCUT2D eigenvalue weighted by Crippen LogP contribution is -2.51. The molecule has 0 saturated carbocycles. The third-order valence-corrected chi connectivity index (χ3v) is 4.72. The minimum atomic E-state index is -1.89. The van der Waals surface area contributed by atoms with E-state index in [2.05, 4.69) is 10.3 Å². The maximum atomic E-state index is 12.5. The highest BCUT2D eigenvalue weighted by atomic mass is 16.6. The normalized spacial score (nSPS) is 27.0. The molecule has 1 aliphatic heterocycles. The summed E-state index contributed by atoms with van der Waals surface area (Å²) in [7, 11) is 0. The van der Waals surface area contributed by atoms with Crippen LogP contribution < -0.4 is 16.7 Å². The molecule has 1 aromatic heterocycles. The molecule has 168 valence electrons. The fourth-order valence-electron chi connectivity index (χ4n) is 2.98. The topological polar surface area (TPSA) is 175 Å². The van der Waals surface area contributed by atoms with Crippen molar-refractivity contribution in [1.29, 1.82) is 0 Å². The van der Waals surface area contributed by atoms with Gasteiger partial charge in [-0.25, -0.2) is 9.59 Å². The van der Waals surface area contributed by atoms with Crippen molar-refractivity contribution >= 4 is 17.9 Å². The molecule has 12 nitrogen and oxygen atoms in total. The first kappa shape index (κ1) is 23.7. The number of aliphatic hydroxyl groups is 2. The monoisotopic (exact) mass is 428 g/mol. The van der Waals surface area contributed by atoms with Gasteiger partial charge in [-0.05, 0) is 25.8 Å². The first-order valence-corrected chi connectivity index (χ1v) is 9.50. The van der Waals surface area contributed by atoms with Crippen molar-refractivity contribution in [1.82, 2.24) is 9.55 Å². The van der Waals surface area contributed by atoms with Gasteiger partial charge in [-0.2, -0.15) is 4.98 Å². The number of nitrogens with zero attached hydrogens (tertiary/aromatic N) is 2. The van der Waals surface area contributed by atoms with Gasteiger partial charge in [-0.3, -0.25) is 14.7 Å². The van der Waals surface area contributed by atoms with E-state index in [1.807, 2.05) is 0 Å². The summed E-state index contributed by atoms with van der Waals surface area (Å²) in [6, 6.07) is 0.372. The predicted molar refractivity (Wildman–Crippen MR) is 103 cm³/mol. The molecule has 12 heteroatoms. The zero-order valence-electron chi connectivity index (χ0n) is 17.3. The van der Waals surface area contributed by atoms with Crippen LogP contribution in [0.3, 0.4) is 0 Å². The van der Waals surface area contributed by atoms with Crippen LogP contribution in [0.2, 0.25) is 0 Å². The molecule has 0 spiro atoms. The summed E-state index contributed by atoms with van der Waals surface area (Å²) in [4.78, 5) is 39.9. The predicted octanol–water partition coefficient (Wildman–Crippen LogP) is -0.652. The van der Waals surface area contributed by atoms with E-state index in [0.29, 0.717) is 0 Å². The summed E-state index contributed by atoms with van der Waals surface area (Å²) < 4.78 is 16.6. The van der Waals surface area contributed by atoms with Crippen molar-refractivity contribution in [2.75, 3.05) is 18.5 Å². The van der Waals surface area contributed by atoms with Gasteiger partial charge in [-0.15, -0.1) is 0 Å². The van der Waals surface area contributed by atoms with Crippen LogP contribution >= 0.6 is 0 Å². The number of amides is 1. The van der Waals surface area contributed by atoms with Crippen LogP contribution in [0.1, 0.15) is 33.9 Å². The summed E-state index contributed by atoms with van der Waals surface area (Å²) in [5.41, 5.74) is 3.05. The standard InChI is InChI=1S/C18H28N4O8/c1-5-28-17(26)21-11-6-7-22(16(25)20-11)15-18(4,27)13(10(8-23)29-15)30-14(24)12(19)9(2)3/h6-7,9-10,12-13,15,23,27H,5,8,19H2,1-4H3,(H,20,21,25,26)/t10-,12-,13-,15-,18-/m1/s1. The third kappa shape index (κ3) is 4.95. The van der Waals surface area contributed by atoms with Gasteiger partial charge in [0.2, 0.25) is 0 Å². The Bertz CT molecular complexity index is 825. The Morgan fingerprint density at radius 2 is 2.13 bits per heavy atom. The molecule has 1 saturated heterocycles. The average molecular weight is 428 g/mol. The van der Waals surface area contributed by atoms with E-state index in [1.54, 1.807) is 20.8 Å². The quantitative estimate of drug-likeness (QED) is 0.408. The highest BCUT2D eigenvalue weighted by Gasteiger charge is 2.56. The van der Waals surface area contributed by atoms with Gasteiger partial charge in [0, 0.05) is 6.20 Å². The van der Waals surface area contributed by atoms with Crippen LogP contribution in [-0.2, 0) is 19.0 Å². The zero-order chi connectivity index (χ0) is 22.6. The first-order chi connectivity index (χ1) is 14.0. The summed E-state index contributed by atoms with van der Waals surface area (Å²) in [5.74, 6) is -1.03. The van der Waals surface area contributed by atoms with Crippen LogP contribution in [0.4, 0.5) is 10.6 Å². The van der Waals surface area contributed by atoms with Crippen LogP contribution in [0.15, 0.2) is 17.1 Å². The van der Waals surface area contributed by atoms with E-state index >= 15 is 0 Å². The molecule has 30 heavy (non-hydrogen) atoms. The highest BCUT2D eigenvalue weighted by molar-refractivity contribution is 5.83. The van der Waals surface area contributed by atoms with E-state index in [9.17, 15) is 24.6 Å². The maximum Gasteiger partial charge on any atom is 0.412 e. The molecule has 5 N–H and O–H groups in total. The molecule has 1 aliphatic rings. The lowest BCUT2D eigenvalue weighted by Gasteiger charge is -2.31. The number of nitrogens with two attached hydrogens (primary N) is 1. The van der Waals surface area contributed by atoms with Crippen molar-refractivity contribution in [3.63, 3.8) is 0 Å². The van der Waals surface area contributed by atoms with Crippen LogP contribution in [0.5, 0.6) is 0 Å². The van der Waals surface area contributed by atoms with Gasteiger partial charge < -0.3 is 30.2 Å². The number of ether oxygens (including phenoxy) is 3. The summed E-state index contributed by atoms with van der Waals surface area (Å²) in [6.45, 7) is 5.97. The van der Waals surface area contributed by atoms with Gasteiger partial charge in [0.05, 0.1) is 13.2 Å². The lowest BCUT2D eigenvalue weighted by molar-refractivity contribution is -0.166. The molecule has 0 bridgehead atoms. The average Bonchev–Trinajstić information content (AvgIpc) is 2.91. The molecule has 0 aliphatic carbocycles. The second kappa shape index (κ2) is 9.51. The van der Waals surface area contributed by atoms with E-state index in [1.165, 1.54) is 19.2 Å². The lowest BCUT2D eigenvalue weighted by atomic mass is 9.95. The molecule has 0 aromatic carbocycles. The Morgan fingerprint density at radius 3 is 2.67 bits per heavy atom. The highest BCUT2D eigenvalue weighted by Crippen LogP contribution is 2.39. The maximum absolute atomic E-state index is 12.5. The summed E-state index contributed by atoms with van der Waals surface area (Å²) in [6.07, 6.45) is -3.24. The minimum absolute atomic E-state index is 0.0584. The van der Waals surface area contributed by atoms with Crippen LogP contribution in [0.25, 0.3) is 0 Å². The number of esters is 1. The van der Waals surface area contributed by atoms with Crippen LogP contribution in [0, 0.1) is 5.92 Å². The number of nitrogens with one attached hydrogen (secondary N) is 1. The fraction of sp³-hybridized carbons (Fsp3) is 0.667. The number of aliphatic hydroxyl groups excluding tert-OH is 1. The molecule has 1 aromatic rings. The Hall–Kier alpha value is -2.54. The summed E-state index contributed by atoms with van der Waals surface area (Å²) in [5, 5.41) is 22.9. The first-order valence-electron chi connectivity index (χ1n) is 9.50. The van der Waals surface area contributed by atoms with E-state index in [-0.39, 0.29) is 18.3 Å². The molecule has 0 radical (unpaired) electrons. The Morgan fingerprint density at radius 1 is 1.47 bits per heavy atom. The fourth-order valence-corrected chi connectivity index (χ4v) is 2.98. The van der Waals surface area contributed by atoms with Crippen molar-refractivity contribution in [3.05, 3.63) is 22.7 Å². The third-order valence-electron chi connectivity index (χ3n) is 4.72. The Labute approximate surface area is 172 Å². The van der Waals surface area contributed by atoms with Gasteiger partial charge in [-0.1, -0.05) is 13.8 Å². The number of carbonyl (C=O) groups is 2. The van der Waals surface area contributed by atoms with E-state index < -0.39 is 54.4 Å². The zero-order valence-corrected chi connectivity index (χ0v) is 17.3. The Kier molecular flexibility index (Phi) is 7.53. The number of hydrogen-bond donors (Lipinski definition) is 4. The molecule has 5 atom stereocenters. The van der Waals surface area contributed by atoms with Crippen molar-refractivity contribution in [2.24, 2.45) is 11.7 Å². The molecule has 1 fully saturated rings. The van der Waals surface area contributed by atoms with Crippen molar-refractivity contribution < 1.29 is 34.0 Å². The van der Waals surface area contributed by atoms with Gasteiger partial charge in [0.25, 0.3) is 0 Å². The van der Waals surface area contributed by atoms with Gasteiger partial charge >= 0.3 is 17.8 Å². The number of hydrogen-bond acceptors (Lipinski definition) is 10.